The van der Waals surface area contributed by atoms with Crippen LogP contribution in [0, 0.1) is 6.57 Å². The molecule has 3 aromatic heterocycles. The predicted octanol–water partition coefficient (Wildman–Crippen LogP) is 15.3. The Bertz CT molecular complexity index is 1930. The van der Waals surface area contributed by atoms with Gasteiger partial charge in [-0.15, -0.1) is 0 Å². The van der Waals surface area contributed by atoms with Gasteiger partial charge in [0.25, 0.3) is 0 Å². The van der Waals surface area contributed by atoms with Gasteiger partial charge in [0.15, 0.2) is 0 Å². The number of fused-ring (bicyclic) bond motifs is 8. The number of aromatic nitrogens is 8. The van der Waals surface area contributed by atoms with Crippen LogP contribution in [0.1, 0.15) is 261 Å². The second kappa shape index (κ2) is 29.2. The predicted molar refractivity (Wildman–Crippen MR) is 270 cm³/mol. The van der Waals surface area contributed by atoms with Gasteiger partial charge in [-0.1, -0.05) is 113 Å². The van der Waals surface area contributed by atoms with Crippen LogP contribution in [-0.4, -0.2) is 35.9 Å². The molecule has 2 aliphatic heterocycles. The van der Waals surface area contributed by atoms with E-state index in [4.69, 9.17) is 46.4 Å². The van der Waals surface area contributed by atoms with Gasteiger partial charge in [0.05, 0.1) is 23.3 Å². The topological polar surface area (TPSA) is 110 Å². The molecule has 10 heteroatoms. The number of aryl methyl sites for hydroxylation is 4. The zero-order chi connectivity index (χ0) is 45.7. The summed E-state index contributed by atoms with van der Waals surface area (Å²) >= 11 is 0. The average molecular weight is 926 g/mol. The second-order valence-electron chi connectivity index (χ2n) is 18.6. The Morgan fingerprint density at radius 3 is 0.846 bits per heavy atom. The number of hydrogen-bond acceptors (Lipinski definition) is 6. The van der Waals surface area contributed by atoms with Crippen LogP contribution < -0.4 is 9.97 Å². The molecule has 1 fully saturated rings. The van der Waals surface area contributed by atoms with Crippen molar-refractivity contribution in [3.63, 3.8) is 0 Å². The van der Waals surface area contributed by atoms with E-state index < -0.39 is 0 Å². The zero-order valence-electron chi connectivity index (χ0n) is 42.0. The normalized spacial score (nSPS) is 14.1. The summed E-state index contributed by atoms with van der Waals surface area (Å²) in [5.74, 6) is 3.15. The van der Waals surface area contributed by atoms with E-state index >= 15 is 0 Å². The molecule has 8 bridgehead atoms. The monoisotopic (exact) mass is 926 g/mol. The van der Waals surface area contributed by atoms with Gasteiger partial charge >= 0.3 is 17.1 Å². The van der Waals surface area contributed by atoms with Crippen molar-refractivity contribution in [2.75, 3.05) is 0 Å². The van der Waals surface area contributed by atoms with Gasteiger partial charge in [0, 0.05) is 35.4 Å². The summed E-state index contributed by atoms with van der Waals surface area (Å²) < 4.78 is 0. The third-order valence-corrected chi connectivity index (χ3v) is 13.3. The summed E-state index contributed by atoms with van der Waals surface area (Å²) in [6.45, 7) is 24.9. The first-order chi connectivity index (χ1) is 31.4. The van der Waals surface area contributed by atoms with Crippen molar-refractivity contribution in [1.29, 1.82) is 0 Å². The van der Waals surface area contributed by atoms with Crippen LogP contribution in [0.4, 0.5) is 0 Å². The van der Waals surface area contributed by atoms with Gasteiger partial charge in [-0.25, -0.2) is 16.5 Å². The Morgan fingerprint density at radius 2 is 0.631 bits per heavy atom. The molecule has 0 radical (unpaired) electrons. The second-order valence-corrected chi connectivity index (χ2v) is 18.6. The van der Waals surface area contributed by atoms with E-state index in [0.29, 0.717) is 6.04 Å². The average Bonchev–Trinajstić information content (AvgIpc) is 4.02. The van der Waals surface area contributed by atoms with Gasteiger partial charge in [0.2, 0.25) is 6.04 Å². The molecule has 0 aromatic carbocycles. The Balaban J connectivity index is 0.000000926. The molecule has 6 rings (SSSR count). The van der Waals surface area contributed by atoms with Gasteiger partial charge < -0.3 is 34.7 Å². The van der Waals surface area contributed by atoms with Gasteiger partial charge in [-0.3, -0.25) is 0 Å². The Hall–Kier alpha value is -3.67. The minimum Gasteiger partial charge on any atom is -0.358 e. The van der Waals surface area contributed by atoms with Crippen LogP contribution in [0.5, 0.6) is 0 Å². The van der Waals surface area contributed by atoms with E-state index in [-0.39, 0.29) is 17.1 Å². The number of hydrogen-bond donors (Lipinski definition) is 0. The molecule has 1 aliphatic carbocycles. The summed E-state index contributed by atoms with van der Waals surface area (Å²) in [6.07, 6.45) is 31.2. The molecule has 65 heavy (non-hydrogen) atoms. The van der Waals surface area contributed by atoms with Gasteiger partial charge in [0.1, 0.15) is 0 Å². The van der Waals surface area contributed by atoms with E-state index in [0.717, 1.165) is 213 Å². The maximum atomic E-state index is 6.72. The van der Waals surface area contributed by atoms with Crippen molar-refractivity contribution in [2.24, 2.45) is 0 Å². The molecule has 3 aliphatic rings. The van der Waals surface area contributed by atoms with Crippen LogP contribution in [0.15, 0.2) is 0 Å². The summed E-state index contributed by atoms with van der Waals surface area (Å²) in [5.41, 5.74) is 13.1. The van der Waals surface area contributed by atoms with Crippen molar-refractivity contribution in [3.8, 4) is 0 Å². The Labute approximate surface area is 404 Å². The third kappa shape index (κ3) is 14.7. The van der Waals surface area contributed by atoms with Crippen molar-refractivity contribution in [3.05, 3.63) is 57.0 Å². The summed E-state index contributed by atoms with van der Waals surface area (Å²) in [6, 6.07) is 0.378. The molecule has 3 aromatic rings. The smallest absolute Gasteiger partial charge is 0.358 e. The van der Waals surface area contributed by atoms with Crippen molar-refractivity contribution in [2.45, 2.75) is 248 Å². The van der Waals surface area contributed by atoms with Crippen LogP contribution in [0.25, 0.3) is 49.7 Å². The molecule has 0 N–H and O–H groups in total. The largest absolute Gasteiger partial charge is 2.00 e. The fourth-order valence-corrected chi connectivity index (χ4v) is 9.30. The van der Waals surface area contributed by atoms with Crippen LogP contribution >= 0.6 is 0 Å². The fourth-order valence-electron chi connectivity index (χ4n) is 9.30. The fraction of sp³-hybridized carbons (Fsp3) is 0.691. The third-order valence-electron chi connectivity index (χ3n) is 13.3. The van der Waals surface area contributed by atoms with E-state index in [9.17, 15) is 0 Å². The summed E-state index contributed by atoms with van der Waals surface area (Å²) in [7, 11) is 0. The Morgan fingerprint density at radius 1 is 0.385 bits per heavy atom. The van der Waals surface area contributed by atoms with Gasteiger partial charge in [-0.2, -0.15) is 0 Å². The van der Waals surface area contributed by atoms with Crippen LogP contribution in [-0.2, 0) is 42.8 Å². The molecule has 0 amide bonds. The quantitative estimate of drug-likeness (QED) is 0.0645. The van der Waals surface area contributed by atoms with Crippen molar-refractivity contribution >= 4 is 44.9 Å². The summed E-state index contributed by atoms with van der Waals surface area (Å²) in [4.78, 5) is 46.8. The first-order valence-corrected chi connectivity index (χ1v) is 26.4. The molecule has 0 unspecified atom stereocenters. The Kier molecular flexibility index (Phi) is 24.2. The van der Waals surface area contributed by atoms with Crippen LogP contribution in [0.2, 0.25) is 0 Å². The minimum absolute atomic E-state index is 0. The standard InChI is InChI=1S/C48H72N8.C7H11N.Fe/c1-9-17-25-33-34(26-18-10-2)42-49-41(33)53-43-35(27-19-11-3)36(28-20-12-4)45(50-43)55-47-39(31-23-15-7)40(32-24-16-8)48(52-47)56-46-38(30-22-14-6)37(29-21-13-5)44(51-46)54-42;1-8-7-5-3-2-4-6-7;/h9-32H2,1-8H3;7H,2-6H2;/q-2;;+2. The molecule has 1 saturated carbocycles. The molecule has 0 saturated heterocycles. The van der Waals surface area contributed by atoms with Crippen LogP contribution in [0.3, 0.4) is 0 Å². The summed E-state index contributed by atoms with van der Waals surface area (Å²) in [5, 5.41) is 0. The molecule has 0 spiro atoms. The number of nitrogens with zero attached hydrogens (tertiary/aromatic N) is 9. The van der Waals surface area contributed by atoms with E-state index in [1.165, 1.54) is 63.8 Å². The minimum atomic E-state index is 0. The molecule has 5 heterocycles. The SMILES string of the molecule is CCCCC1=C(CCCC)c2nc1nc1[n-]c(nc3nc(nc4[n-]c(n2)c(CCCC)c4CCCC)C(CCCC)=C3CCCC)c(CCCC)c1CCCC.[C-]#[N+]C1CCCCC1.[Fe+2]. The van der Waals surface area contributed by atoms with Crippen molar-refractivity contribution in [1.82, 2.24) is 39.9 Å². The van der Waals surface area contributed by atoms with E-state index in [1.807, 2.05) is 0 Å². The maximum Gasteiger partial charge on any atom is 2.00 e. The molecular formula is C55H83FeN9. The molecule has 356 valence electrons. The first kappa shape index (κ1) is 53.9. The molecular weight excluding hydrogens is 843 g/mol. The van der Waals surface area contributed by atoms with Crippen molar-refractivity contribution < 1.29 is 17.1 Å². The van der Waals surface area contributed by atoms with Gasteiger partial charge in [-0.05, 0) is 160 Å². The maximum absolute atomic E-state index is 6.72. The zero-order valence-corrected chi connectivity index (χ0v) is 43.1. The van der Waals surface area contributed by atoms with E-state index in [2.05, 4.69) is 60.2 Å². The first-order valence-electron chi connectivity index (χ1n) is 26.4. The number of rotatable bonds is 24. The van der Waals surface area contributed by atoms with E-state index in [1.54, 1.807) is 0 Å². The molecule has 0 atom stereocenters. The number of allylic oxidation sites excluding steroid dienone is 4. The molecule has 9 nitrogen and oxygen atoms in total. The number of unbranched alkanes of at least 4 members (excludes halogenated alkanes) is 8.